The fourth-order valence-electron chi connectivity index (χ4n) is 16.0. The molecule has 6 aromatic carbocycles. The second-order valence-electron chi connectivity index (χ2n) is 33.2. The molecule has 7 aliphatic heterocycles. The number of piperidine rings is 4. The van der Waals surface area contributed by atoms with Crippen LogP contribution in [0.15, 0.2) is 146 Å². The van der Waals surface area contributed by atoms with Crippen LogP contribution in [0.25, 0.3) is 9.69 Å². The van der Waals surface area contributed by atoms with Gasteiger partial charge in [0.05, 0.1) is 24.4 Å². The summed E-state index contributed by atoms with van der Waals surface area (Å²) < 4.78 is 25.2. The number of hydrogen-bond acceptors (Lipinski definition) is 24. The second kappa shape index (κ2) is 47.9. The molecule has 33 heteroatoms. The molecule has 6 amide bonds. The van der Waals surface area contributed by atoms with Gasteiger partial charge in [0, 0.05) is 137 Å². The number of aliphatic hydroxyl groups is 2. The number of carbonyl (C=O) groups is 11. The van der Waals surface area contributed by atoms with Crippen LogP contribution in [0.4, 0.5) is 33.2 Å². The van der Waals surface area contributed by atoms with Gasteiger partial charge in [0.1, 0.15) is 11.7 Å². The molecule has 0 bridgehead atoms. The highest BCUT2D eigenvalue weighted by atomic mass is 16.6. The van der Waals surface area contributed by atoms with Crippen molar-refractivity contribution in [3.8, 4) is 6.07 Å². The van der Waals surface area contributed by atoms with Gasteiger partial charge in [-0.3, -0.25) is 43.2 Å². The van der Waals surface area contributed by atoms with Gasteiger partial charge in [-0.05, 0) is 173 Å². The number of carboxylic acids is 1. The first-order valence-corrected chi connectivity index (χ1v) is 42.8. The summed E-state index contributed by atoms with van der Waals surface area (Å²) in [6, 6.07) is 47.6. The number of anilines is 3. The molecule has 0 unspecified atom stereocenters. The molecule has 33 nitrogen and oxygen atoms in total. The first-order chi connectivity index (χ1) is 60.8. The molecule has 6 aromatic rings. The van der Waals surface area contributed by atoms with E-state index in [0.717, 1.165) is 201 Å². The van der Waals surface area contributed by atoms with Gasteiger partial charge in [-0.2, -0.15) is 5.26 Å². The third-order valence-corrected chi connectivity index (χ3v) is 22.7. The van der Waals surface area contributed by atoms with Crippen LogP contribution in [0, 0.1) is 48.1 Å². The number of aliphatic hydroxyl groups excluding tert-OH is 2. The number of nitrogens with one attached hydrogen (secondary N) is 4. The summed E-state index contributed by atoms with van der Waals surface area (Å²) in [6.07, 6.45) is -3.02. The molecular weight excluding hydrogens is 1630 g/mol. The van der Waals surface area contributed by atoms with Crippen molar-refractivity contribution in [1.29, 1.82) is 5.26 Å². The number of ether oxygens (including phenoxy) is 5. The quantitative estimate of drug-likeness (QED) is 0.0169. The van der Waals surface area contributed by atoms with Gasteiger partial charge in [-0.15, -0.1) is 0 Å². The minimum Gasteiger partial charge on any atom is -0.478 e. The van der Waals surface area contributed by atoms with Crippen molar-refractivity contribution in [1.82, 2.24) is 36.0 Å². The molecule has 4 fully saturated rings. The van der Waals surface area contributed by atoms with Gasteiger partial charge in [0.15, 0.2) is 12.2 Å². The third-order valence-electron chi connectivity index (χ3n) is 22.7. The summed E-state index contributed by atoms with van der Waals surface area (Å²) in [4.78, 5) is 151. The lowest BCUT2D eigenvalue weighted by molar-refractivity contribution is -0.183. The lowest BCUT2D eigenvalue weighted by Gasteiger charge is -2.34. The van der Waals surface area contributed by atoms with Crippen molar-refractivity contribution < 1.29 is 91.7 Å². The Morgan fingerprint density at radius 1 is 0.449 bits per heavy atom. The number of amides is 6. The summed E-state index contributed by atoms with van der Waals surface area (Å²) in [5.74, 6) is -6.62. The van der Waals surface area contributed by atoms with Crippen molar-refractivity contribution >= 4 is 93.9 Å². The predicted molar refractivity (Wildman–Crippen MR) is 470 cm³/mol. The first kappa shape index (κ1) is 97.8. The van der Waals surface area contributed by atoms with Gasteiger partial charge < -0.3 is 95.4 Å². The van der Waals surface area contributed by atoms with Gasteiger partial charge in [0.25, 0.3) is 29.5 Å². The summed E-state index contributed by atoms with van der Waals surface area (Å²) in [7, 11) is 0. The number of esters is 4. The van der Waals surface area contributed by atoms with E-state index < -0.39 is 102 Å². The smallest absolute Gasteiger partial charge is 0.407 e. The Bertz CT molecular complexity index is 4860. The van der Waals surface area contributed by atoms with E-state index in [1.54, 1.807) is 6.07 Å². The molecule has 0 aliphatic carbocycles. The van der Waals surface area contributed by atoms with E-state index in [2.05, 4.69) is 56.5 Å². The molecule has 13 rings (SSSR count). The molecule has 676 valence electrons. The average molecular weight is 1750 g/mol. The second-order valence-corrected chi connectivity index (χ2v) is 33.2. The van der Waals surface area contributed by atoms with Crippen molar-refractivity contribution in [3.63, 3.8) is 0 Å². The van der Waals surface area contributed by atoms with Gasteiger partial charge in [-0.25, -0.2) is 19.3 Å². The molecule has 4 saturated heterocycles. The number of nitrogens with two attached hydrogens (primary N) is 1. The standard InChI is InChI=1S/C29H32N4O6.C25H28N4O4.C16H17NO7.C13H17N3.C11H22N2O2/c1-19(34)38-26(27(39-20(2)35)29(37)33-17-22-8-4-5-9-23(22)18-33)28(36)31-16-21-12-14-32(15-13-21)25-11-7-6-10-24(25)30-3;1-26-20-8-4-5-9-21(20)28-12-10-17(11-13-28)14-27-24(32)22(30)23(31)25(33)29-15-18-6-2-3-7-19(18)16-29;1-9(18)23-13(14(16(21)22)24-10(2)19)15(20)17-7-11-5-3-4-6-12(11)8-17;14-9-11-5-7-16(8-6-11)13-4-2-1-3-12(13)10-15;1-11(2,3)15-10(14)13-8-9-4-6-12-7-5-9/h4-11,21,26-27H,12-18H2,1-2H3,(H,31,36);2-9,17,22-23,30-31H,10-16H2,(H,27,32);3-6,13-14H,7-8H2,1-2H3,(H,21,22);1-4,11H,5-9,14H2;9,12H,4-8H2,1-3H3,(H,13,14)/t26-,27-;22-,23-;13-,14-;;/m111../s1. The van der Waals surface area contributed by atoms with Crippen LogP contribution < -0.4 is 41.7 Å². The Morgan fingerprint density at radius 2 is 0.772 bits per heavy atom. The molecule has 127 heavy (non-hydrogen) atoms. The molecule has 0 aromatic heterocycles. The fourth-order valence-corrected chi connectivity index (χ4v) is 16.0. The summed E-state index contributed by atoms with van der Waals surface area (Å²) >= 11 is 0. The Hall–Kier alpha value is -13.0. The Balaban J connectivity index is 0.000000188. The zero-order valence-electron chi connectivity index (χ0n) is 73.0. The van der Waals surface area contributed by atoms with E-state index in [4.69, 9.17) is 43.1 Å². The number of para-hydroxylation sites is 5. The van der Waals surface area contributed by atoms with E-state index in [1.165, 1.54) is 14.7 Å². The van der Waals surface area contributed by atoms with Gasteiger partial charge in [0.2, 0.25) is 35.8 Å². The number of carbonyl (C=O) groups excluding carboxylic acids is 10. The summed E-state index contributed by atoms with van der Waals surface area (Å²) in [5, 5.41) is 50.5. The van der Waals surface area contributed by atoms with E-state index >= 15 is 0 Å². The molecular formula is C94H116N14O19. The normalized spacial score (nSPS) is 16.9. The Kier molecular flexibility index (Phi) is 36.9. The number of alkyl carbamates (subject to hydrolysis) is 1. The number of fused-ring (bicyclic) bond motifs is 3. The highest BCUT2D eigenvalue weighted by Crippen LogP contribution is 2.35. The molecule has 0 saturated carbocycles. The highest BCUT2D eigenvalue weighted by molar-refractivity contribution is 5.95. The first-order valence-electron chi connectivity index (χ1n) is 42.8. The number of aliphatic carboxylic acids is 1. The summed E-state index contributed by atoms with van der Waals surface area (Å²) in [5.41, 5.74) is 16.0. The van der Waals surface area contributed by atoms with Crippen LogP contribution in [-0.2, 0) is 111 Å². The van der Waals surface area contributed by atoms with Crippen LogP contribution in [-0.4, -0.2) is 216 Å². The van der Waals surface area contributed by atoms with Crippen LogP contribution in [0.2, 0.25) is 0 Å². The number of carboxylic acid groups (broad SMARTS) is 1. The lowest BCUT2D eigenvalue weighted by atomic mass is 9.96. The van der Waals surface area contributed by atoms with Gasteiger partial charge >= 0.3 is 35.9 Å². The SMILES string of the molecule is CC(=O)O[C@@H](C(=O)O)[C@@H](OC(C)=O)C(=O)N1Cc2ccccc2C1.CC(C)(C)OC(=O)NCC1CCNCC1.N#Cc1ccccc1N1CCC(CN)CC1.[C-]#[N+]c1ccccc1N1CCC(CNC(=O)[C@H](O)[C@@H](O)C(=O)N2Cc3ccccc3C2)CC1.[C-]#[N+]c1ccccc1N1CCC(CNC(=O)[C@H](OC(C)=O)[C@@H](OC(C)=O)C(=O)N2Cc3ccccc3C2)CC1. The molecule has 0 radical (unpaired) electrons. The number of nitriles is 1. The van der Waals surface area contributed by atoms with E-state index in [9.17, 15) is 68.1 Å². The number of rotatable bonds is 23. The van der Waals surface area contributed by atoms with Crippen LogP contribution >= 0.6 is 0 Å². The van der Waals surface area contributed by atoms with Crippen molar-refractivity contribution in [2.45, 2.75) is 181 Å². The maximum atomic E-state index is 13.5. The zero-order valence-corrected chi connectivity index (χ0v) is 73.0. The van der Waals surface area contributed by atoms with Crippen LogP contribution in [0.3, 0.4) is 0 Å². The van der Waals surface area contributed by atoms with Crippen molar-refractivity contribution in [2.24, 2.45) is 29.4 Å². The highest BCUT2D eigenvalue weighted by Gasteiger charge is 2.45. The number of nitrogens with zero attached hydrogens (tertiary/aromatic N) is 9. The Labute approximate surface area is 740 Å². The van der Waals surface area contributed by atoms with Crippen LogP contribution in [0.5, 0.6) is 0 Å². The average Bonchev–Trinajstić information content (AvgIpc) is 1.69. The van der Waals surface area contributed by atoms with E-state index in [-0.39, 0.29) is 31.0 Å². The van der Waals surface area contributed by atoms with Crippen molar-refractivity contribution in [3.05, 3.63) is 207 Å². The third kappa shape index (κ3) is 29.0. The van der Waals surface area contributed by atoms with Gasteiger partial charge in [-0.1, -0.05) is 121 Å². The monoisotopic (exact) mass is 1740 g/mol. The maximum absolute atomic E-state index is 13.5. The minimum absolute atomic E-state index is 0.152. The van der Waals surface area contributed by atoms with E-state index in [0.29, 0.717) is 62.5 Å². The molecule has 9 N–H and O–H groups in total. The lowest BCUT2D eigenvalue weighted by Crippen LogP contribution is -2.54. The minimum atomic E-state index is -1.90. The molecule has 7 heterocycles. The predicted octanol–water partition coefficient (Wildman–Crippen LogP) is 8.53. The topological polar surface area (TPSA) is 421 Å². The van der Waals surface area contributed by atoms with Crippen molar-refractivity contribution in [2.75, 3.05) is 93.2 Å². The number of benzene rings is 6. The number of hydrogen-bond donors (Lipinski definition) is 8. The maximum Gasteiger partial charge on any atom is 0.407 e. The Morgan fingerprint density at radius 3 is 1.15 bits per heavy atom. The molecule has 7 aliphatic rings. The summed E-state index contributed by atoms with van der Waals surface area (Å²) in [6.45, 7) is 35.9. The zero-order chi connectivity index (χ0) is 91.9. The largest absolute Gasteiger partial charge is 0.478 e. The molecule has 6 atom stereocenters. The van der Waals surface area contributed by atoms with E-state index in [1.807, 2.05) is 160 Å². The van der Waals surface area contributed by atoms with Crippen LogP contribution in [0.1, 0.15) is 139 Å². The molecule has 0 spiro atoms. The fraction of sp³-hybridized carbons (Fsp3) is 0.468.